The maximum absolute atomic E-state index is 12.2. The molecule has 0 saturated heterocycles. The van der Waals surface area contributed by atoms with Crippen LogP contribution in [0.3, 0.4) is 0 Å². The Balaban J connectivity index is 2.13. The summed E-state index contributed by atoms with van der Waals surface area (Å²) in [5.41, 5.74) is 0.195. The van der Waals surface area contributed by atoms with Gasteiger partial charge in [-0.05, 0) is 25.0 Å². The number of phenolic OH excluding ortho intramolecular Hbond substituents is 1. The van der Waals surface area contributed by atoms with Crippen molar-refractivity contribution < 1.29 is 9.90 Å². The van der Waals surface area contributed by atoms with E-state index in [9.17, 15) is 9.90 Å². The summed E-state index contributed by atoms with van der Waals surface area (Å²) < 4.78 is 0. The van der Waals surface area contributed by atoms with Crippen molar-refractivity contribution in [1.29, 1.82) is 0 Å². The van der Waals surface area contributed by atoms with Crippen molar-refractivity contribution in [2.45, 2.75) is 37.6 Å². The van der Waals surface area contributed by atoms with Gasteiger partial charge in [0.05, 0.1) is 11.1 Å². The lowest BCUT2D eigenvalue weighted by molar-refractivity contribution is 0.0884. The van der Waals surface area contributed by atoms with Gasteiger partial charge in [0, 0.05) is 5.33 Å². The quantitative estimate of drug-likeness (QED) is 0.842. The number of aromatic hydroxyl groups is 1. The minimum Gasteiger partial charge on any atom is -0.507 e. The standard InChI is InChI=1S/C14H18BrNO2/c15-10-14(8-4-1-5-9-14)16-13(18)11-6-2-3-7-12(11)17/h2-3,6-7,17H,1,4-5,8-10H2,(H,16,18). The van der Waals surface area contributed by atoms with Crippen LogP contribution in [0.1, 0.15) is 42.5 Å². The van der Waals surface area contributed by atoms with Crippen molar-refractivity contribution in [2.24, 2.45) is 0 Å². The van der Waals surface area contributed by atoms with Gasteiger partial charge in [-0.15, -0.1) is 0 Å². The molecule has 0 aliphatic heterocycles. The van der Waals surface area contributed by atoms with Crippen molar-refractivity contribution in [3.8, 4) is 5.75 Å². The molecule has 1 aromatic carbocycles. The molecule has 3 nitrogen and oxygen atoms in total. The molecule has 1 saturated carbocycles. The summed E-state index contributed by atoms with van der Waals surface area (Å²) in [6, 6.07) is 6.66. The number of nitrogens with one attached hydrogen (secondary N) is 1. The molecule has 0 bridgehead atoms. The van der Waals surface area contributed by atoms with Crippen molar-refractivity contribution >= 4 is 21.8 Å². The van der Waals surface area contributed by atoms with Gasteiger partial charge in [-0.3, -0.25) is 4.79 Å². The Morgan fingerprint density at radius 1 is 1.28 bits per heavy atom. The molecule has 1 aliphatic rings. The summed E-state index contributed by atoms with van der Waals surface area (Å²) in [6.07, 6.45) is 5.52. The topological polar surface area (TPSA) is 49.3 Å². The van der Waals surface area contributed by atoms with Crippen molar-refractivity contribution in [3.05, 3.63) is 29.8 Å². The smallest absolute Gasteiger partial charge is 0.255 e. The average molecular weight is 312 g/mol. The summed E-state index contributed by atoms with van der Waals surface area (Å²) in [4.78, 5) is 12.2. The van der Waals surface area contributed by atoms with E-state index in [-0.39, 0.29) is 17.2 Å². The predicted octanol–water partition coefficient (Wildman–Crippen LogP) is 3.22. The molecule has 1 aromatic rings. The van der Waals surface area contributed by atoms with Crippen LogP contribution in [0.25, 0.3) is 0 Å². The Kier molecular flexibility index (Phi) is 4.27. The van der Waals surface area contributed by atoms with E-state index in [1.165, 1.54) is 12.5 Å². The number of phenols is 1. The first-order valence-electron chi connectivity index (χ1n) is 6.33. The van der Waals surface area contributed by atoms with Crippen LogP contribution in [0.4, 0.5) is 0 Å². The summed E-state index contributed by atoms with van der Waals surface area (Å²) in [5, 5.41) is 13.6. The average Bonchev–Trinajstić information content (AvgIpc) is 2.40. The van der Waals surface area contributed by atoms with Crippen LogP contribution in [0, 0.1) is 0 Å². The Morgan fingerprint density at radius 3 is 2.56 bits per heavy atom. The minimum absolute atomic E-state index is 0.0375. The van der Waals surface area contributed by atoms with Gasteiger partial charge in [0.1, 0.15) is 5.75 Å². The highest BCUT2D eigenvalue weighted by Gasteiger charge is 2.33. The molecule has 1 aliphatic carbocycles. The number of rotatable bonds is 3. The van der Waals surface area contributed by atoms with Gasteiger partial charge < -0.3 is 10.4 Å². The van der Waals surface area contributed by atoms with Crippen LogP contribution < -0.4 is 5.32 Å². The van der Waals surface area contributed by atoms with E-state index in [0.29, 0.717) is 5.56 Å². The molecule has 18 heavy (non-hydrogen) atoms. The van der Waals surface area contributed by atoms with E-state index in [1.807, 2.05) is 0 Å². The molecule has 0 atom stereocenters. The van der Waals surface area contributed by atoms with E-state index in [0.717, 1.165) is 31.0 Å². The number of hydrogen-bond acceptors (Lipinski definition) is 2. The highest BCUT2D eigenvalue weighted by molar-refractivity contribution is 9.09. The molecule has 1 fully saturated rings. The lowest BCUT2D eigenvalue weighted by Gasteiger charge is -2.36. The Morgan fingerprint density at radius 2 is 1.94 bits per heavy atom. The molecule has 98 valence electrons. The third-order valence-corrected chi connectivity index (χ3v) is 4.67. The normalized spacial score (nSPS) is 18.3. The number of amides is 1. The van der Waals surface area contributed by atoms with Crippen LogP contribution >= 0.6 is 15.9 Å². The molecule has 0 unspecified atom stereocenters. The van der Waals surface area contributed by atoms with Crippen molar-refractivity contribution in [2.75, 3.05) is 5.33 Å². The lowest BCUT2D eigenvalue weighted by atomic mass is 9.83. The molecule has 0 heterocycles. The Labute approximate surface area is 116 Å². The molecule has 2 N–H and O–H groups in total. The van der Waals surface area contributed by atoms with Gasteiger partial charge >= 0.3 is 0 Å². The summed E-state index contributed by atoms with van der Waals surface area (Å²) >= 11 is 3.51. The van der Waals surface area contributed by atoms with E-state index in [2.05, 4.69) is 21.2 Å². The maximum Gasteiger partial charge on any atom is 0.255 e. The second kappa shape index (κ2) is 5.74. The summed E-state index contributed by atoms with van der Waals surface area (Å²) in [5.74, 6) is -0.148. The zero-order valence-corrected chi connectivity index (χ0v) is 11.9. The van der Waals surface area contributed by atoms with Crippen LogP contribution in [0.2, 0.25) is 0 Å². The summed E-state index contributed by atoms with van der Waals surface area (Å²) in [6.45, 7) is 0. The van der Waals surface area contributed by atoms with Crippen LogP contribution in [0.15, 0.2) is 24.3 Å². The highest BCUT2D eigenvalue weighted by Crippen LogP contribution is 2.30. The van der Waals surface area contributed by atoms with Gasteiger partial charge in [0.25, 0.3) is 5.91 Å². The second-order valence-electron chi connectivity index (χ2n) is 4.95. The number of benzene rings is 1. The number of para-hydroxylation sites is 1. The molecule has 0 spiro atoms. The number of carbonyl (C=O) groups excluding carboxylic acids is 1. The molecule has 0 aromatic heterocycles. The van der Waals surface area contributed by atoms with E-state index < -0.39 is 0 Å². The van der Waals surface area contributed by atoms with Gasteiger partial charge in [0.2, 0.25) is 0 Å². The lowest BCUT2D eigenvalue weighted by Crippen LogP contribution is -2.51. The van der Waals surface area contributed by atoms with E-state index >= 15 is 0 Å². The fraction of sp³-hybridized carbons (Fsp3) is 0.500. The monoisotopic (exact) mass is 311 g/mol. The zero-order valence-electron chi connectivity index (χ0n) is 10.3. The van der Waals surface area contributed by atoms with Crippen LogP contribution in [0.5, 0.6) is 5.75 Å². The fourth-order valence-corrected chi connectivity index (χ4v) is 3.20. The highest BCUT2D eigenvalue weighted by atomic mass is 79.9. The molecular formula is C14H18BrNO2. The first-order chi connectivity index (χ1) is 8.67. The van der Waals surface area contributed by atoms with E-state index in [1.54, 1.807) is 18.2 Å². The van der Waals surface area contributed by atoms with Gasteiger partial charge in [-0.25, -0.2) is 0 Å². The third-order valence-electron chi connectivity index (χ3n) is 3.59. The summed E-state index contributed by atoms with van der Waals surface area (Å²) in [7, 11) is 0. The number of hydrogen-bond donors (Lipinski definition) is 2. The van der Waals surface area contributed by atoms with Gasteiger partial charge in [-0.1, -0.05) is 47.3 Å². The number of carbonyl (C=O) groups is 1. The van der Waals surface area contributed by atoms with Crippen LogP contribution in [-0.4, -0.2) is 21.9 Å². The second-order valence-corrected chi connectivity index (χ2v) is 5.51. The number of alkyl halides is 1. The van der Waals surface area contributed by atoms with Crippen LogP contribution in [-0.2, 0) is 0 Å². The zero-order chi connectivity index (χ0) is 13.0. The van der Waals surface area contributed by atoms with Crippen molar-refractivity contribution in [3.63, 3.8) is 0 Å². The fourth-order valence-electron chi connectivity index (χ4n) is 2.49. The van der Waals surface area contributed by atoms with E-state index in [4.69, 9.17) is 0 Å². The van der Waals surface area contributed by atoms with Crippen molar-refractivity contribution in [1.82, 2.24) is 5.32 Å². The number of halogens is 1. The third kappa shape index (κ3) is 2.86. The van der Waals surface area contributed by atoms with Gasteiger partial charge in [0.15, 0.2) is 0 Å². The van der Waals surface area contributed by atoms with Gasteiger partial charge in [-0.2, -0.15) is 0 Å². The minimum atomic E-state index is -0.186. The SMILES string of the molecule is O=C(NC1(CBr)CCCCC1)c1ccccc1O. The first kappa shape index (κ1) is 13.4. The Bertz CT molecular complexity index is 428. The maximum atomic E-state index is 12.2. The first-order valence-corrected chi connectivity index (χ1v) is 7.45. The molecule has 0 radical (unpaired) electrons. The molecule has 1 amide bonds. The predicted molar refractivity (Wildman–Crippen MR) is 75.2 cm³/mol. The molecule has 4 heteroatoms. The Hall–Kier alpha value is -1.03. The largest absolute Gasteiger partial charge is 0.507 e. The molecular weight excluding hydrogens is 294 g/mol. The molecule has 2 rings (SSSR count).